The summed E-state index contributed by atoms with van der Waals surface area (Å²) in [7, 11) is 0. The van der Waals surface area contributed by atoms with Crippen LogP contribution in [-0.2, 0) is 15.0 Å². The van der Waals surface area contributed by atoms with Gasteiger partial charge in [-0.1, -0.05) is 62.2 Å². The van der Waals surface area contributed by atoms with E-state index in [1.807, 2.05) is 6.07 Å². The number of hydrogen-bond acceptors (Lipinski definition) is 5. The van der Waals surface area contributed by atoms with E-state index in [9.17, 15) is 9.59 Å². The van der Waals surface area contributed by atoms with Crippen LogP contribution in [0.25, 0.3) is 0 Å². The maximum absolute atomic E-state index is 15.9. The topological polar surface area (TPSA) is 64.7 Å². The van der Waals surface area contributed by atoms with Crippen molar-refractivity contribution in [2.45, 2.75) is 83.3 Å². The van der Waals surface area contributed by atoms with Gasteiger partial charge >= 0.3 is 0 Å². The summed E-state index contributed by atoms with van der Waals surface area (Å²) in [5.41, 5.74) is 0.239. The molecule has 1 spiro atoms. The number of anilines is 1. The highest BCUT2D eigenvalue weighted by molar-refractivity contribution is 6.31. The van der Waals surface area contributed by atoms with Crippen molar-refractivity contribution in [1.29, 1.82) is 0 Å². The zero-order valence-electron chi connectivity index (χ0n) is 25.3. The Morgan fingerprint density at radius 3 is 2.50 bits per heavy atom. The Morgan fingerprint density at radius 2 is 1.83 bits per heavy atom. The first kappa shape index (κ1) is 31.4. The number of fused-ring (bicyclic) bond motifs is 2. The molecule has 0 aliphatic carbocycles. The first-order valence-electron chi connectivity index (χ1n) is 15.1. The van der Waals surface area contributed by atoms with Crippen LogP contribution in [-0.4, -0.2) is 72.3 Å². The number of Topliss-reactive ketones (excluding diaryl/α,β-unsaturated/α-hetero) is 1. The highest BCUT2D eigenvalue weighted by atomic mass is 35.5. The number of ketones is 1. The molecule has 9 heteroatoms. The van der Waals surface area contributed by atoms with Crippen LogP contribution in [0.15, 0.2) is 36.4 Å². The van der Waals surface area contributed by atoms with Crippen molar-refractivity contribution in [3.05, 3.63) is 63.4 Å². The number of nitrogens with zero attached hydrogens (tertiary/aromatic N) is 2. The summed E-state index contributed by atoms with van der Waals surface area (Å²) in [5.74, 6) is -1.62. The fourth-order valence-corrected chi connectivity index (χ4v) is 7.69. The molecule has 0 bridgehead atoms. The fourth-order valence-electron chi connectivity index (χ4n) is 7.34. The van der Waals surface area contributed by atoms with E-state index in [0.717, 1.165) is 38.3 Å². The molecule has 5 rings (SSSR count). The van der Waals surface area contributed by atoms with Gasteiger partial charge in [-0.2, -0.15) is 0 Å². The second kappa shape index (κ2) is 12.2. The van der Waals surface area contributed by atoms with Crippen LogP contribution in [0.1, 0.15) is 70.9 Å². The van der Waals surface area contributed by atoms with Crippen LogP contribution in [0, 0.1) is 11.2 Å². The second-order valence-corrected chi connectivity index (χ2v) is 14.5. The number of carbonyl (C=O) groups excluding carboxylic acids is 2. The van der Waals surface area contributed by atoms with Crippen LogP contribution >= 0.6 is 23.2 Å². The zero-order valence-corrected chi connectivity index (χ0v) is 26.8. The smallest absolute Gasteiger partial charge is 0.237 e. The van der Waals surface area contributed by atoms with E-state index >= 15 is 4.39 Å². The number of piperazine rings is 1. The average Bonchev–Trinajstić information content (AvgIpc) is 3.39. The van der Waals surface area contributed by atoms with Gasteiger partial charge in [0.05, 0.1) is 11.1 Å². The van der Waals surface area contributed by atoms with Gasteiger partial charge in [-0.15, -0.1) is 0 Å². The minimum Gasteiger partial charge on any atom is -0.325 e. The van der Waals surface area contributed by atoms with E-state index in [1.165, 1.54) is 6.07 Å². The van der Waals surface area contributed by atoms with Crippen molar-refractivity contribution in [1.82, 2.24) is 15.1 Å². The van der Waals surface area contributed by atoms with E-state index in [4.69, 9.17) is 23.2 Å². The third-order valence-electron chi connectivity index (χ3n) is 9.32. The van der Waals surface area contributed by atoms with Crippen molar-refractivity contribution >= 4 is 40.6 Å². The quantitative estimate of drug-likeness (QED) is 0.367. The molecule has 3 aliphatic rings. The molecule has 6 nitrogen and oxygen atoms in total. The SMILES string of the molecule is CC(C)N1CCN(CCCC(=O)[C@@H]2N[C@H](CC(C)(C)C)[C@]3(C(=O)Nc4cc(Cl)ccc43)[C@H]2c2cccc(Cl)c2F)CC1. The molecule has 228 valence electrons. The number of halogens is 3. The van der Waals surface area contributed by atoms with Crippen molar-refractivity contribution in [3.8, 4) is 0 Å². The van der Waals surface area contributed by atoms with E-state index < -0.39 is 29.2 Å². The Balaban J connectivity index is 1.50. The van der Waals surface area contributed by atoms with Crippen LogP contribution in [0.2, 0.25) is 10.0 Å². The lowest BCUT2D eigenvalue weighted by molar-refractivity contribution is -0.122. The summed E-state index contributed by atoms with van der Waals surface area (Å²) in [6, 6.07) is 9.58. The van der Waals surface area contributed by atoms with Gasteiger partial charge in [0, 0.05) is 61.3 Å². The maximum atomic E-state index is 15.9. The van der Waals surface area contributed by atoms with Crippen LogP contribution in [0.3, 0.4) is 0 Å². The van der Waals surface area contributed by atoms with Crippen molar-refractivity contribution in [2.75, 3.05) is 38.0 Å². The summed E-state index contributed by atoms with van der Waals surface area (Å²) in [6.07, 6.45) is 1.65. The van der Waals surface area contributed by atoms with Gasteiger partial charge < -0.3 is 15.5 Å². The number of benzene rings is 2. The third-order valence-corrected chi connectivity index (χ3v) is 9.85. The Hall–Kier alpha value is -2.03. The minimum absolute atomic E-state index is 0.00816. The Bertz CT molecular complexity index is 1340. The van der Waals surface area contributed by atoms with E-state index in [0.29, 0.717) is 36.0 Å². The molecule has 2 fully saturated rings. The largest absolute Gasteiger partial charge is 0.325 e. The molecule has 0 radical (unpaired) electrons. The van der Waals surface area contributed by atoms with Gasteiger partial charge in [0.1, 0.15) is 17.0 Å². The molecule has 42 heavy (non-hydrogen) atoms. The molecule has 2 saturated heterocycles. The van der Waals surface area contributed by atoms with Gasteiger partial charge in [-0.3, -0.25) is 14.5 Å². The molecule has 0 aromatic heterocycles. The molecule has 2 N–H and O–H groups in total. The van der Waals surface area contributed by atoms with Crippen molar-refractivity contribution < 1.29 is 14.0 Å². The summed E-state index contributed by atoms with van der Waals surface area (Å²) < 4.78 is 15.9. The summed E-state index contributed by atoms with van der Waals surface area (Å²) in [5, 5.41) is 7.10. The Morgan fingerprint density at radius 1 is 1.12 bits per heavy atom. The number of amides is 1. The van der Waals surface area contributed by atoms with Crippen LogP contribution < -0.4 is 10.6 Å². The van der Waals surface area contributed by atoms with Crippen molar-refractivity contribution in [2.24, 2.45) is 5.41 Å². The first-order chi connectivity index (χ1) is 19.8. The predicted octanol–water partition coefficient (Wildman–Crippen LogP) is 6.26. The Labute approximate surface area is 259 Å². The number of hydrogen-bond donors (Lipinski definition) is 2. The normalized spacial score (nSPS) is 26.7. The molecule has 2 aromatic rings. The third kappa shape index (κ3) is 5.88. The number of carbonyl (C=O) groups is 2. The zero-order chi connectivity index (χ0) is 30.4. The monoisotopic (exact) mass is 616 g/mol. The minimum atomic E-state index is -1.22. The molecule has 1 amide bonds. The summed E-state index contributed by atoms with van der Waals surface area (Å²) in [4.78, 5) is 33.3. The van der Waals surface area contributed by atoms with Gasteiger partial charge in [0.2, 0.25) is 5.91 Å². The molecule has 0 saturated carbocycles. The average molecular weight is 618 g/mol. The van der Waals surface area contributed by atoms with Gasteiger partial charge in [-0.25, -0.2) is 4.39 Å². The van der Waals surface area contributed by atoms with Crippen molar-refractivity contribution in [3.63, 3.8) is 0 Å². The standard InChI is InChI=1S/C33H43Cl2FN4O2/c1-20(2)40-16-14-39(15-17-40)13-7-10-26(41)30-28(22-8-6-9-24(35)29(22)36)33(27(38-30)19-32(3,4)5)23-12-11-21(34)18-25(23)37-31(33)42/h6,8-9,11-12,18,20,27-28,30,38H,7,10,13-17,19H2,1-5H3,(H,37,42)/t27-,28+,30+,33+/m1/s1. The van der Waals surface area contributed by atoms with Crippen LogP contribution in [0.4, 0.5) is 10.1 Å². The number of nitrogens with one attached hydrogen (secondary N) is 2. The Kier molecular flexibility index (Phi) is 9.09. The summed E-state index contributed by atoms with van der Waals surface area (Å²) >= 11 is 12.6. The lowest BCUT2D eigenvalue weighted by atomic mass is 9.62. The van der Waals surface area contributed by atoms with E-state index in [1.54, 1.807) is 24.3 Å². The van der Waals surface area contributed by atoms with Gasteiger partial charge in [-0.05, 0) is 68.0 Å². The lowest BCUT2D eigenvalue weighted by Crippen LogP contribution is -2.49. The van der Waals surface area contributed by atoms with Gasteiger partial charge in [0.15, 0.2) is 0 Å². The molecule has 3 heterocycles. The second-order valence-electron chi connectivity index (χ2n) is 13.6. The lowest BCUT2D eigenvalue weighted by Gasteiger charge is -2.38. The van der Waals surface area contributed by atoms with Crippen LogP contribution in [0.5, 0.6) is 0 Å². The van der Waals surface area contributed by atoms with E-state index in [2.05, 4.69) is 55.1 Å². The highest BCUT2D eigenvalue weighted by Gasteiger charge is 2.65. The summed E-state index contributed by atoms with van der Waals surface area (Å²) in [6.45, 7) is 15.6. The highest BCUT2D eigenvalue weighted by Crippen LogP contribution is 2.57. The molecule has 4 atom stereocenters. The predicted molar refractivity (Wildman–Crippen MR) is 168 cm³/mol. The maximum Gasteiger partial charge on any atom is 0.237 e. The molecular weight excluding hydrogens is 574 g/mol. The molecule has 0 unspecified atom stereocenters. The fraction of sp³-hybridized carbons (Fsp3) is 0.576. The number of rotatable bonds is 8. The van der Waals surface area contributed by atoms with E-state index in [-0.39, 0.29) is 27.7 Å². The molecular formula is C33H43Cl2FN4O2. The molecule has 3 aliphatic heterocycles. The first-order valence-corrected chi connectivity index (χ1v) is 15.9. The van der Waals surface area contributed by atoms with Gasteiger partial charge in [0.25, 0.3) is 0 Å². The molecule has 2 aromatic carbocycles.